The summed E-state index contributed by atoms with van der Waals surface area (Å²) in [5.41, 5.74) is 6.52. The van der Waals surface area contributed by atoms with Crippen molar-refractivity contribution in [2.24, 2.45) is 0 Å². The summed E-state index contributed by atoms with van der Waals surface area (Å²) in [4.78, 5) is 4.23. The molecule has 3 aromatic rings. The molecule has 1 aromatic carbocycles. The van der Waals surface area contributed by atoms with Gasteiger partial charge >= 0.3 is 0 Å². The number of nitrogens with two attached hydrogens (primary N) is 1. The first-order chi connectivity index (χ1) is 9.79. The topological polar surface area (TPSA) is 113 Å². The number of anilines is 1. The van der Waals surface area contributed by atoms with Crippen molar-refractivity contribution in [1.29, 1.82) is 0 Å². The summed E-state index contributed by atoms with van der Waals surface area (Å²) in [5.74, 6) is 1.29. The van der Waals surface area contributed by atoms with E-state index in [1.54, 1.807) is 0 Å². The number of nitrogen functional groups attached to an aromatic ring is 1. The molecular weight excluding hydrogens is 262 g/mol. The Balaban J connectivity index is 2.00. The van der Waals surface area contributed by atoms with Crippen LogP contribution in [-0.2, 0) is 0 Å². The minimum Gasteiger partial charge on any atom is -0.493 e. The minimum atomic E-state index is 0.0956. The monoisotopic (exact) mass is 273 g/mol. The van der Waals surface area contributed by atoms with Crippen LogP contribution in [0.5, 0.6) is 5.75 Å². The van der Waals surface area contributed by atoms with Crippen molar-refractivity contribution < 1.29 is 13.9 Å². The first kappa shape index (κ1) is 12.2. The van der Waals surface area contributed by atoms with Crippen molar-refractivity contribution in [1.82, 2.24) is 20.5 Å². The second-order valence-corrected chi connectivity index (χ2v) is 3.85. The Morgan fingerprint density at radius 3 is 2.80 bits per heavy atom. The number of hydrogen-bond acceptors (Lipinski definition) is 8. The van der Waals surface area contributed by atoms with Crippen LogP contribution in [0.4, 0.5) is 5.82 Å². The Morgan fingerprint density at radius 1 is 1.20 bits per heavy atom. The molecule has 3 rings (SSSR count). The average molecular weight is 273 g/mol. The van der Waals surface area contributed by atoms with Gasteiger partial charge < -0.3 is 15.0 Å². The number of benzene rings is 1. The lowest BCUT2D eigenvalue weighted by molar-refractivity contribution is 0.308. The van der Waals surface area contributed by atoms with E-state index in [1.807, 2.05) is 31.2 Å². The SMILES string of the molecule is CCOc1ccccc1-c1noc(-c2nonc2N)n1. The van der Waals surface area contributed by atoms with Gasteiger partial charge in [0.15, 0.2) is 0 Å². The number of hydrogen-bond donors (Lipinski definition) is 1. The largest absolute Gasteiger partial charge is 0.493 e. The zero-order chi connectivity index (χ0) is 13.9. The summed E-state index contributed by atoms with van der Waals surface area (Å²) in [7, 11) is 0. The zero-order valence-electron chi connectivity index (χ0n) is 10.6. The highest BCUT2D eigenvalue weighted by atomic mass is 16.6. The van der Waals surface area contributed by atoms with E-state index in [9.17, 15) is 0 Å². The Kier molecular flexibility index (Phi) is 3.04. The van der Waals surface area contributed by atoms with Gasteiger partial charge in [0, 0.05) is 0 Å². The molecule has 0 fully saturated rings. The van der Waals surface area contributed by atoms with Crippen LogP contribution in [-0.4, -0.2) is 27.1 Å². The summed E-state index contributed by atoms with van der Waals surface area (Å²) >= 11 is 0. The summed E-state index contributed by atoms with van der Waals surface area (Å²) in [6.07, 6.45) is 0. The van der Waals surface area contributed by atoms with Crippen LogP contribution in [0, 0.1) is 0 Å². The van der Waals surface area contributed by atoms with E-state index in [0.29, 0.717) is 18.2 Å². The highest BCUT2D eigenvalue weighted by Crippen LogP contribution is 2.29. The maximum Gasteiger partial charge on any atom is 0.284 e. The Labute approximate surface area is 113 Å². The molecule has 2 heterocycles. The van der Waals surface area contributed by atoms with Gasteiger partial charge in [-0.15, -0.1) is 0 Å². The van der Waals surface area contributed by atoms with E-state index in [1.165, 1.54) is 0 Å². The number of para-hydroxylation sites is 1. The van der Waals surface area contributed by atoms with Crippen LogP contribution in [0.3, 0.4) is 0 Å². The molecule has 0 amide bonds. The molecule has 20 heavy (non-hydrogen) atoms. The predicted molar refractivity (Wildman–Crippen MR) is 68.6 cm³/mol. The smallest absolute Gasteiger partial charge is 0.284 e. The zero-order valence-corrected chi connectivity index (χ0v) is 10.6. The Morgan fingerprint density at radius 2 is 2.05 bits per heavy atom. The van der Waals surface area contributed by atoms with Gasteiger partial charge in [0.05, 0.1) is 12.2 Å². The van der Waals surface area contributed by atoms with Gasteiger partial charge in [0.25, 0.3) is 5.89 Å². The molecule has 0 aliphatic heterocycles. The molecule has 102 valence electrons. The van der Waals surface area contributed by atoms with Crippen molar-refractivity contribution in [3.63, 3.8) is 0 Å². The van der Waals surface area contributed by atoms with E-state index in [-0.39, 0.29) is 17.4 Å². The van der Waals surface area contributed by atoms with Gasteiger partial charge in [0.2, 0.25) is 17.3 Å². The molecule has 0 aliphatic rings. The van der Waals surface area contributed by atoms with E-state index in [0.717, 1.165) is 5.56 Å². The quantitative estimate of drug-likeness (QED) is 0.765. The number of ether oxygens (including phenoxy) is 1. The second kappa shape index (κ2) is 5.00. The summed E-state index contributed by atoms with van der Waals surface area (Å²) in [5, 5.41) is 11.0. The van der Waals surface area contributed by atoms with Gasteiger partial charge in [-0.05, 0) is 29.4 Å². The van der Waals surface area contributed by atoms with Crippen LogP contribution < -0.4 is 10.5 Å². The van der Waals surface area contributed by atoms with Crippen LogP contribution in [0.1, 0.15) is 6.92 Å². The number of aromatic nitrogens is 4. The van der Waals surface area contributed by atoms with Crippen LogP contribution in [0.15, 0.2) is 33.4 Å². The summed E-state index contributed by atoms with van der Waals surface area (Å²) < 4.78 is 15.1. The molecule has 0 aliphatic carbocycles. The lowest BCUT2D eigenvalue weighted by atomic mass is 10.2. The van der Waals surface area contributed by atoms with Crippen molar-refractivity contribution in [2.75, 3.05) is 12.3 Å². The molecule has 0 unspecified atom stereocenters. The molecule has 0 saturated heterocycles. The van der Waals surface area contributed by atoms with Gasteiger partial charge in [-0.2, -0.15) is 4.98 Å². The Hall–Kier alpha value is -2.90. The highest BCUT2D eigenvalue weighted by Gasteiger charge is 2.19. The highest BCUT2D eigenvalue weighted by molar-refractivity contribution is 5.67. The molecular formula is C12H11N5O3. The molecule has 2 N–H and O–H groups in total. The molecule has 0 bridgehead atoms. The van der Waals surface area contributed by atoms with Crippen molar-refractivity contribution in [3.8, 4) is 28.7 Å². The average Bonchev–Trinajstić information content (AvgIpc) is 3.08. The van der Waals surface area contributed by atoms with Gasteiger partial charge in [-0.3, -0.25) is 0 Å². The molecule has 0 radical (unpaired) electrons. The molecule has 8 heteroatoms. The van der Waals surface area contributed by atoms with E-state index in [2.05, 4.69) is 25.1 Å². The van der Waals surface area contributed by atoms with Crippen LogP contribution in [0.2, 0.25) is 0 Å². The van der Waals surface area contributed by atoms with E-state index < -0.39 is 0 Å². The summed E-state index contributed by atoms with van der Waals surface area (Å²) in [6.45, 7) is 2.45. The van der Waals surface area contributed by atoms with Gasteiger partial charge in [-0.1, -0.05) is 17.3 Å². The maximum absolute atomic E-state index is 5.58. The van der Waals surface area contributed by atoms with Crippen LogP contribution >= 0.6 is 0 Å². The molecule has 0 spiro atoms. The first-order valence-electron chi connectivity index (χ1n) is 5.94. The fraction of sp³-hybridized carbons (Fsp3) is 0.167. The third-order valence-electron chi connectivity index (χ3n) is 2.57. The molecule has 8 nitrogen and oxygen atoms in total. The fourth-order valence-corrected chi connectivity index (χ4v) is 1.71. The van der Waals surface area contributed by atoms with Gasteiger partial charge in [0.1, 0.15) is 5.75 Å². The lowest BCUT2D eigenvalue weighted by Gasteiger charge is -2.05. The molecule has 0 saturated carbocycles. The number of rotatable bonds is 4. The van der Waals surface area contributed by atoms with Crippen LogP contribution in [0.25, 0.3) is 23.0 Å². The van der Waals surface area contributed by atoms with Gasteiger partial charge in [-0.25, -0.2) is 4.63 Å². The minimum absolute atomic E-state index is 0.0956. The normalized spacial score (nSPS) is 10.7. The standard InChI is InChI=1S/C12H11N5O3/c1-2-18-8-6-4-3-5-7(8)11-14-12(19-17-11)9-10(13)16-20-15-9/h3-6H,2H2,1H3,(H2,13,16). The first-order valence-corrected chi connectivity index (χ1v) is 5.94. The van der Waals surface area contributed by atoms with Crippen molar-refractivity contribution >= 4 is 5.82 Å². The molecule has 0 atom stereocenters. The lowest BCUT2D eigenvalue weighted by Crippen LogP contribution is -1.94. The Bertz CT molecular complexity index is 721. The maximum atomic E-state index is 5.58. The van der Waals surface area contributed by atoms with Crippen molar-refractivity contribution in [3.05, 3.63) is 24.3 Å². The number of nitrogens with zero attached hydrogens (tertiary/aromatic N) is 4. The third-order valence-corrected chi connectivity index (χ3v) is 2.57. The van der Waals surface area contributed by atoms with E-state index >= 15 is 0 Å². The van der Waals surface area contributed by atoms with E-state index in [4.69, 9.17) is 15.0 Å². The summed E-state index contributed by atoms with van der Waals surface area (Å²) in [6, 6.07) is 7.40. The second-order valence-electron chi connectivity index (χ2n) is 3.85. The predicted octanol–water partition coefficient (Wildman–Crippen LogP) is 1.77. The fourth-order valence-electron chi connectivity index (χ4n) is 1.71. The molecule has 2 aromatic heterocycles. The third kappa shape index (κ3) is 2.07. The van der Waals surface area contributed by atoms with Crippen molar-refractivity contribution in [2.45, 2.75) is 6.92 Å².